The standard InChI is InChI=1S/C57H37N3O2/c1-34-22-28-47(39-25-26-43-42-17-7-10-20-51(42)61-53(43)33-39)58-57(59-55(34)40-24-23-35-12-2-3-13-36(35)30-40)45-27-29-49(56-54(45)44-18-8-11-21-52(44)62-56)60-48-19-9-6-16-41(48)46-31-37-14-4-5-15-38(37)32-50(46)60/h2-21,23-34H,22H2,1H3/b47-28+,58-57-,59-55+. The number of para-hydroxylation sites is 3. The average molecular weight is 796 g/mol. The van der Waals surface area contributed by atoms with Crippen LogP contribution in [0.2, 0.25) is 0 Å². The fourth-order valence-electron chi connectivity index (χ4n) is 9.79. The lowest BCUT2D eigenvalue weighted by Gasteiger charge is -2.19. The van der Waals surface area contributed by atoms with Gasteiger partial charge in [0.15, 0.2) is 11.4 Å². The highest BCUT2D eigenvalue weighted by molar-refractivity contribution is 6.25. The minimum Gasteiger partial charge on any atom is -0.456 e. The van der Waals surface area contributed by atoms with Crippen LogP contribution in [0.5, 0.6) is 0 Å². The topological polar surface area (TPSA) is 55.9 Å². The average Bonchev–Trinajstić information content (AvgIpc) is 3.99. The van der Waals surface area contributed by atoms with E-state index in [1.54, 1.807) is 0 Å². The minimum atomic E-state index is 0.0925. The van der Waals surface area contributed by atoms with Gasteiger partial charge >= 0.3 is 0 Å². The van der Waals surface area contributed by atoms with Crippen LogP contribution in [0.3, 0.4) is 0 Å². The summed E-state index contributed by atoms with van der Waals surface area (Å²) in [6, 6.07) is 64.4. The highest BCUT2D eigenvalue weighted by Crippen LogP contribution is 2.42. The molecule has 0 bridgehead atoms. The van der Waals surface area contributed by atoms with Crippen LogP contribution in [0.15, 0.2) is 207 Å². The first kappa shape index (κ1) is 34.8. The van der Waals surface area contributed by atoms with Crippen LogP contribution in [0.1, 0.15) is 30.0 Å². The smallest absolute Gasteiger partial charge is 0.160 e. The van der Waals surface area contributed by atoms with E-state index < -0.39 is 0 Å². The highest BCUT2D eigenvalue weighted by Gasteiger charge is 2.25. The van der Waals surface area contributed by atoms with Crippen molar-refractivity contribution in [1.29, 1.82) is 0 Å². The van der Waals surface area contributed by atoms with E-state index in [9.17, 15) is 0 Å². The van der Waals surface area contributed by atoms with E-state index in [1.165, 1.54) is 32.3 Å². The van der Waals surface area contributed by atoms with Crippen molar-refractivity contribution in [2.24, 2.45) is 15.9 Å². The molecule has 1 aliphatic heterocycles. The predicted molar refractivity (Wildman–Crippen MR) is 258 cm³/mol. The molecule has 4 heterocycles. The molecular formula is C57H37N3O2. The fourth-order valence-corrected chi connectivity index (χ4v) is 9.79. The first-order valence-electron chi connectivity index (χ1n) is 21.3. The summed E-state index contributed by atoms with van der Waals surface area (Å²) < 4.78 is 15.8. The van der Waals surface area contributed by atoms with Crippen LogP contribution in [0, 0.1) is 5.92 Å². The van der Waals surface area contributed by atoms with E-state index >= 15 is 0 Å². The molecule has 0 saturated carbocycles. The van der Waals surface area contributed by atoms with Crippen molar-refractivity contribution in [3.05, 3.63) is 205 Å². The molecule has 0 radical (unpaired) electrons. The van der Waals surface area contributed by atoms with Gasteiger partial charge < -0.3 is 13.4 Å². The Morgan fingerprint density at radius 1 is 0.484 bits per heavy atom. The van der Waals surface area contributed by atoms with E-state index in [1.807, 2.05) is 18.2 Å². The molecule has 0 amide bonds. The summed E-state index contributed by atoms with van der Waals surface area (Å²) in [5, 5.41) is 11.4. The molecule has 13 rings (SSSR count). The quantitative estimate of drug-likeness (QED) is 0.178. The van der Waals surface area contributed by atoms with E-state index in [2.05, 4.69) is 181 Å². The number of fused-ring (bicyclic) bond motifs is 11. The lowest BCUT2D eigenvalue weighted by atomic mass is 9.92. The van der Waals surface area contributed by atoms with Gasteiger partial charge in [-0.2, -0.15) is 0 Å². The summed E-state index contributed by atoms with van der Waals surface area (Å²) in [6.07, 6.45) is 3.03. The van der Waals surface area contributed by atoms with Crippen molar-refractivity contribution in [2.75, 3.05) is 0 Å². The van der Waals surface area contributed by atoms with Gasteiger partial charge in [0.05, 0.1) is 28.1 Å². The van der Waals surface area contributed by atoms with Crippen LogP contribution in [-0.4, -0.2) is 16.1 Å². The lowest BCUT2D eigenvalue weighted by molar-refractivity contribution is 0.666. The summed E-state index contributed by atoms with van der Waals surface area (Å²) in [4.78, 5) is 11.2. The number of amidine groups is 1. The molecule has 12 aromatic rings. The molecule has 1 unspecified atom stereocenters. The third-order valence-corrected chi connectivity index (χ3v) is 12.8. The normalized spacial score (nSPS) is 17.4. The second-order valence-electron chi connectivity index (χ2n) is 16.5. The van der Waals surface area contributed by atoms with Gasteiger partial charge in [0, 0.05) is 49.4 Å². The number of benzene rings is 9. The molecule has 0 aliphatic carbocycles. The Kier molecular flexibility index (Phi) is 7.58. The maximum absolute atomic E-state index is 7.00. The van der Waals surface area contributed by atoms with Gasteiger partial charge in [0.2, 0.25) is 0 Å². The van der Waals surface area contributed by atoms with Crippen molar-refractivity contribution in [2.45, 2.75) is 13.3 Å². The number of hydrogen-bond acceptors (Lipinski definition) is 4. The molecule has 9 aromatic carbocycles. The van der Waals surface area contributed by atoms with Gasteiger partial charge in [-0.15, -0.1) is 0 Å². The Balaban J connectivity index is 1.08. The van der Waals surface area contributed by atoms with Crippen LogP contribution >= 0.6 is 0 Å². The molecule has 0 saturated heterocycles. The third kappa shape index (κ3) is 5.35. The summed E-state index contributed by atoms with van der Waals surface area (Å²) in [7, 11) is 0. The molecular weight excluding hydrogens is 759 g/mol. The zero-order valence-corrected chi connectivity index (χ0v) is 33.8. The number of allylic oxidation sites excluding steroid dienone is 1. The van der Waals surface area contributed by atoms with Crippen molar-refractivity contribution >= 4 is 104 Å². The number of nitrogens with zero attached hydrogens (tertiary/aromatic N) is 3. The van der Waals surface area contributed by atoms with Crippen LogP contribution in [0.4, 0.5) is 0 Å². The maximum Gasteiger partial charge on any atom is 0.160 e. The number of rotatable bonds is 4. The Morgan fingerprint density at radius 2 is 1.15 bits per heavy atom. The summed E-state index contributed by atoms with van der Waals surface area (Å²) >= 11 is 0. The van der Waals surface area contributed by atoms with Crippen LogP contribution in [0.25, 0.3) is 98.6 Å². The van der Waals surface area contributed by atoms with Crippen molar-refractivity contribution in [3.8, 4) is 5.69 Å². The Bertz CT molecular complexity index is 3930. The van der Waals surface area contributed by atoms with Gasteiger partial charge in [-0.25, -0.2) is 9.98 Å². The van der Waals surface area contributed by atoms with Gasteiger partial charge in [-0.05, 0) is 94.2 Å². The Hall–Kier alpha value is -8.02. The molecule has 1 aliphatic rings. The SMILES string of the molecule is CC1C/C=C(c2ccc3c(c2)oc2ccccc23)/N=C(c2ccc(-n3c4ccccc4c4cc5ccccc5cc43)c3oc4ccccc4c23)\N=C/1c1ccc2ccccc2c1. The molecule has 5 nitrogen and oxygen atoms in total. The van der Waals surface area contributed by atoms with Gasteiger partial charge in [-0.1, -0.05) is 134 Å². The number of aliphatic imine (C=N–C) groups is 2. The third-order valence-electron chi connectivity index (χ3n) is 12.8. The monoisotopic (exact) mass is 795 g/mol. The van der Waals surface area contributed by atoms with Gasteiger partial charge in [0.1, 0.15) is 16.7 Å². The number of hydrogen-bond donors (Lipinski definition) is 0. The zero-order chi connectivity index (χ0) is 40.9. The summed E-state index contributed by atoms with van der Waals surface area (Å²) in [6.45, 7) is 2.27. The largest absolute Gasteiger partial charge is 0.456 e. The summed E-state index contributed by atoms with van der Waals surface area (Å²) in [5.74, 6) is 0.724. The first-order valence-corrected chi connectivity index (χ1v) is 21.3. The molecule has 1 atom stereocenters. The minimum absolute atomic E-state index is 0.0925. The number of furan rings is 2. The molecule has 0 fully saturated rings. The number of aromatic nitrogens is 1. The molecule has 62 heavy (non-hydrogen) atoms. The fraction of sp³-hybridized carbons (Fsp3) is 0.0526. The van der Waals surface area contributed by atoms with E-state index in [-0.39, 0.29) is 5.92 Å². The van der Waals surface area contributed by atoms with Gasteiger partial charge in [-0.3, -0.25) is 0 Å². The zero-order valence-electron chi connectivity index (χ0n) is 33.8. The van der Waals surface area contributed by atoms with Crippen LogP contribution in [-0.2, 0) is 0 Å². The van der Waals surface area contributed by atoms with Crippen LogP contribution < -0.4 is 0 Å². The first-order chi connectivity index (χ1) is 30.6. The highest BCUT2D eigenvalue weighted by atomic mass is 16.3. The predicted octanol–water partition coefficient (Wildman–Crippen LogP) is 15.2. The van der Waals surface area contributed by atoms with E-state index in [0.29, 0.717) is 5.84 Å². The maximum atomic E-state index is 7.00. The van der Waals surface area contributed by atoms with E-state index in [0.717, 1.165) is 95.1 Å². The van der Waals surface area contributed by atoms with Gasteiger partial charge in [0.25, 0.3) is 0 Å². The Morgan fingerprint density at radius 3 is 1.98 bits per heavy atom. The molecule has 3 aromatic heterocycles. The second kappa shape index (κ2) is 13.5. The second-order valence-corrected chi connectivity index (χ2v) is 16.5. The Labute approximate surface area is 356 Å². The molecule has 0 spiro atoms. The van der Waals surface area contributed by atoms with E-state index in [4.69, 9.17) is 18.8 Å². The van der Waals surface area contributed by atoms with Crippen molar-refractivity contribution < 1.29 is 8.83 Å². The lowest BCUT2D eigenvalue weighted by Crippen LogP contribution is -2.17. The van der Waals surface area contributed by atoms with Crippen molar-refractivity contribution in [1.82, 2.24) is 4.57 Å². The molecule has 0 N–H and O–H groups in total. The molecule has 5 heteroatoms. The summed E-state index contributed by atoms with van der Waals surface area (Å²) in [5.41, 5.74) is 11.3. The van der Waals surface area contributed by atoms with Crippen molar-refractivity contribution in [3.63, 3.8) is 0 Å². The molecule has 292 valence electrons.